The molecule has 3 saturated heterocycles. The van der Waals surface area contributed by atoms with Crippen LogP contribution in [0.4, 0.5) is 0 Å². The summed E-state index contributed by atoms with van der Waals surface area (Å²) in [5.74, 6) is 1.52. The highest BCUT2D eigenvalue weighted by atomic mass is 16.5. The molecule has 2 unspecified atom stereocenters. The van der Waals surface area contributed by atoms with Gasteiger partial charge in [0.15, 0.2) is 0 Å². The average Bonchev–Trinajstić information content (AvgIpc) is 3.21. The van der Waals surface area contributed by atoms with Crippen LogP contribution in [0.15, 0.2) is 36.5 Å². The molecule has 0 aliphatic carbocycles. The number of benzene rings is 1. The van der Waals surface area contributed by atoms with E-state index >= 15 is 0 Å². The van der Waals surface area contributed by atoms with E-state index in [9.17, 15) is 4.79 Å². The fraction of sp³-hybridized carbons (Fsp3) is 0.571. The minimum absolute atomic E-state index is 0.0856. The molecule has 3 fully saturated rings. The van der Waals surface area contributed by atoms with Gasteiger partial charge >= 0.3 is 0 Å². The van der Waals surface area contributed by atoms with Gasteiger partial charge in [-0.2, -0.15) is 0 Å². The number of methoxy groups -OCH3 is 1. The summed E-state index contributed by atoms with van der Waals surface area (Å²) >= 11 is 0. The quantitative estimate of drug-likeness (QED) is 0.641. The number of nitrogens with one attached hydrogen (secondary N) is 1. The van der Waals surface area contributed by atoms with E-state index in [1.807, 2.05) is 41.2 Å². The fourth-order valence-corrected chi connectivity index (χ4v) is 4.42. The Balaban J connectivity index is 1.28. The van der Waals surface area contributed by atoms with E-state index in [0.717, 1.165) is 43.9 Å². The molecule has 5 rings (SSSR count). The monoisotopic (exact) mass is 399 g/mol. The second kappa shape index (κ2) is 9.37. The van der Waals surface area contributed by atoms with E-state index in [1.165, 1.54) is 0 Å². The van der Waals surface area contributed by atoms with Gasteiger partial charge in [0.2, 0.25) is 5.91 Å². The summed E-state index contributed by atoms with van der Waals surface area (Å²) in [5.41, 5.74) is 0.820. The van der Waals surface area contributed by atoms with Crippen molar-refractivity contribution in [2.75, 3.05) is 33.4 Å². The van der Waals surface area contributed by atoms with Crippen molar-refractivity contribution >= 4 is 5.91 Å². The number of carbonyl (C=O) groups excluding carboxylic acids is 1. The van der Waals surface area contributed by atoms with Gasteiger partial charge in [-0.15, -0.1) is 5.10 Å². The van der Waals surface area contributed by atoms with Gasteiger partial charge in [0.25, 0.3) is 0 Å². The maximum absolute atomic E-state index is 12.5. The van der Waals surface area contributed by atoms with E-state index in [0.29, 0.717) is 31.7 Å². The first-order valence-electron chi connectivity index (χ1n) is 10.3. The molecule has 156 valence electrons. The topological polar surface area (TPSA) is 81.5 Å². The molecule has 0 spiro atoms. The minimum Gasteiger partial charge on any atom is -0.487 e. The summed E-state index contributed by atoms with van der Waals surface area (Å²) in [4.78, 5) is 14.9. The van der Waals surface area contributed by atoms with Crippen LogP contribution in [0.1, 0.15) is 18.5 Å². The Hall–Kier alpha value is -2.45. The number of fused-ring (bicyclic) bond motifs is 3. The highest BCUT2D eigenvalue weighted by Crippen LogP contribution is 2.36. The van der Waals surface area contributed by atoms with Crippen molar-refractivity contribution in [1.82, 2.24) is 25.2 Å². The standard InChI is InChI=1S/C21H29N5O3/c1-28-10-8-22-21(27)20-14-25-9-7-16(20)11-18(25)13-26-12-17(23-24-26)15-29-19-5-3-2-4-6-19/h2-6,12,16,18,20H,7-11,13-15H2,1H3,(H,22,27)/t16?,18-,20+/m1/s1. The zero-order chi connectivity index (χ0) is 20.1. The Labute approximate surface area is 171 Å². The molecule has 4 atom stereocenters. The highest BCUT2D eigenvalue weighted by Gasteiger charge is 2.43. The molecule has 3 aliphatic rings. The third-order valence-electron chi connectivity index (χ3n) is 5.93. The summed E-state index contributed by atoms with van der Waals surface area (Å²) in [6, 6.07) is 10.1. The molecule has 2 aromatic rings. The number of piperidine rings is 3. The lowest BCUT2D eigenvalue weighted by molar-refractivity contribution is -0.133. The summed E-state index contributed by atoms with van der Waals surface area (Å²) in [6.45, 7) is 4.22. The summed E-state index contributed by atoms with van der Waals surface area (Å²) in [7, 11) is 1.65. The van der Waals surface area contributed by atoms with Crippen molar-refractivity contribution in [3.05, 3.63) is 42.2 Å². The van der Waals surface area contributed by atoms with Crippen LogP contribution in [0, 0.1) is 11.8 Å². The molecule has 1 aromatic carbocycles. The van der Waals surface area contributed by atoms with Crippen LogP contribution >= 0.6 is 0 Å². The number of aromatic nitrogens is 3. The first-order chi connectivity index (χ1) is 14.2. The Morgan fingerprint density at radius 2 is 2.17 bits per heavy atom. The van der Waals surface area contributed by atoms with Crippen molar-refractivity contribution in [3.63, 3.8) is 0 Å². The summed E-state index contributed by atoms with van der Waals surface area (Å²) in [6.07, 6.45) is 4.08. The average molecular weight is 399 g/mol. The van der Waals surface area contributed by atoms with Crippen LogP contribution in [-0.4, -0.2) is 65.2 Å². The first kappa shape index (κ1) is 19.8. The third-order valence-corrected chi connectivity index (χ3v) is 5.93. The summed E-state index contributed by atoms with van der Waals surface area (Å²) < 4.78 is 12.7. The fourth-order valence-electron chi connectivity index (χ4n) is 4.42. The number of para-hydroxylation sites is 1. The van der Waals surface area contributed by atoms with Crippen LogP contribution in [-0.2, 0) is 22.7 Å². The van der Waals surface area contributed by atoms with E-state index in [1.54, 1.807) is 7.11 Å². The zero-order valence-corrected chi connectivity index (χ0v) is 16.9. The van der Waals surface area contributed by atoms with Crippen LogP contribution in [0.25, 0.3) is 0 Å². The largest absolute Gasteiger partial charge is 0.487 e. The Morgan fingerprint density at radius 1 is 1.31 bits per heavy atom. The van der Waals surface area contributed by atoms with E-state index in [-0.39, 0.29) is 11.8 Å². The van der Waals surface area contributed by atoms with Gasteiger partial charge in [0, 0.05) is 26.2 Å². The van der Waals surface area contributed by atoms with E-state index < -0.39 is 0 Å². The van der Waals surface area contributed by atoms with Crippen LogP contribution < -0.4 is 10.1 Å². The number of amides is 1. The van der Waals surface area contributed by atoms with Crippen molar-refractivity contribution in [3.8, 4) is 5.75 Å². The molecule has 1 aromatic heterocycles. The maximum Gasteiger partial charge on any atom is 0.224 e. The molecular weight excluding hydrogens is 370 g/mol. The van der Waals surface area contributed by atoms with E-state index in [2.05, 4.69) is 20.5 Å². The van der Waals surface area contributed by atoms with Crippen molar-refractivity contribution in [2.24, 2.45) is 11.8 Å². The number of carbonyl (C=O) groups is 1. The van der Waals surface area contributed by atoms with Crippen LogP contribution in [0.5, 0.6) is 5.75 Å². The molecule has 3 aliphatic heterocycles. The molecular formula is C21H29N5O3. The lowest BCUT2D eigenvalue weighted by atomic mass is 9.75. The van der Waals surface area contributed by atoms with Gasteiger partial charge in [0.1, 0.15) is 18.1 Å². The molecule has 0 saturated carbocycles. The van der Waals surface area contributed by atoms with Crippen molar-refractivity contribution in [1.29, 1.82) is 0 Å². The van der Waals surface area contributed by atoms with Gasteiger partial charge in [0.05, 0.1) is 25.3 Å². The predicted octanol–water partition coefficient (Wildman–Crippen LogP) is 1.33. The Bertz CT molecular complexity index is 797. The van der Waals surface area contributed by atoms with Gasteiger partial charge in [-0.3, -0.25) is 14.4 Å². The SMILES string of the molecule is COCCNC(=O)[C@H]1CN2CCC1C[C@@H]2Cn1cc(COc2ccccc2)nn1. The van der Waals surface area contributed by atoms with E-state index in [4.69, 9.17) is 9.47 Å². The van der Waals surface area contributed by atoms with Gasteiger partial charge in [-0.25, -0.2) is 0 Å². The molecule has 1 N–H and O–H groups in total. The lowest BCUT2D eigenvalue weighted by Crippen LogP contribution is -2.58. The Morgan fingerprint density at radius 3 is 2.93 bits per heavy atom. The van der Waals surface area contributed by atoms with Crippen LogP contribution in [0.2, 0.25) is 0 Å². The molecule has 29 heavy (non-hydrogen) atoms. The number of ether oxygens (including phenoxy) is 2. The molecule has 2 bridgehead atoms. The number of nitrogens with zero attached hydrogens (tertiary/aromatic N) is 4. The molecule has 8 heteroatoms. The summed E-state index contributed by atoms with van der Waals surface area (Å²) in [5, 5.41) is 11.5. The number of hydrogen-bond acceptors (Lipinski definition) is 6. The van der Waals surface area contributed by atoms with Gasteiger partial charge in [-0.1, -0.05) is 23.4 Å². The van der Waals surface area contributed by atoms with Gasteiger partial charge in [-0.05, 0) is 37.4 Å². The molecule has 1 amide bonds. The van der Waals surface area contributed by atoms with Crippen molar-refractivity contribution in [2.45, 2.75) is 32.0 Å². The molecule has 4 heterocycles. The first-order valence-corrected chi connectivity index (χ1v) is 10.3. The zero-order valence-electron chi connectivity index (χ0n) is 16.9. The van der Waals surface area contributed by atoms with Gasteiger partial charge < -0.3 is 14.8 Å². The lowest BCUT2D eigenvalue weighted by Gasteiger charge is -2.49. The second-order valence-corrected chi connectivity index (χ2v) is 7.86. The third kappa shape index (κ3) is 4.94. The van der Waals surface area contributed by atoms with Crippen molar-refractivity contribution < 1.29 is 14.3 Å². The van der Waals surface area contributed by atoms with Crippen LogP contribution in [0.3, 0.4) is 0 Å². The predicted molar refractivity (Wildman–Crippen MR) is 107 cm³/mol. The smallest absolute Gasteiger partial charge is 0.224 e. The minimum atomic E-state index is 0.0856. The molecule has 8 nitrogen and oxygen atoms in total. The number of hydrogen-bond donors (Lipinski definition) is 1. The number of rotatable bonds is 9. The normalized spacial score (nSPS) is 25.7. The highest BCUT2D eigenvalue weighted by molar-refractivity contribution is 5.79. The maximum atomic E-state index is 12.5. The molecule has 0 radical (unpaired) electrons. The second-order valence-electron chi connectivity index (χ2n) is 7.86. The Kier molecular flexibility index (Phi) is 6.41.